The molecule has 1 unspecified atom stereocenters. The van der Waals surface area contributed by atoms with Gasteiger partial charge in [0.05, 0.1) is 23.6 Å². The molecule has 0 spiro atoms. The molecule has 84 valence electrons. The van der Waals surface area contributed by atoms with Crippen LogP contribution in [0.4, 0.5) is 0 Å². The van der Waals surface area contributed by atoms with Crippen molar-refractivity contribution in [2.45, 2.75) is 13.0 Å². The van der Waals surface area contributed by atoms with Crippen LogP contribution in [-0.4, -0.2) is 17.0 Å². The van der Waals surface area contributed by atoms with E-state index in [-0.39, 0.29) is 6.04 Å². The van der Waals surface area contributed by atoms with Gasteiger partial charge in [-0.15, -0.1) is 11.3 Å². The molecule has 2 aromatic rings. The van der Waals surface area contributed by atoms with Gasteiger partial charge < -0.3 is 5.32 Å². The lowest BCUT2D eigenvalue weighted by Crippen LogP contribution is -2.18. The molecule has 2 aromatic heterocycles. The Morgan fingerprint density at radius 2 is 2.19 bits per heavy atom. The number of nitrogens with one attached hydrogen (secondary N) is 1. The number of halogens is 1. The average Bonchev–Trinajstić information content (AvgIpc) is 2.69. The van der Waals surface area contributed by atoms with Gasteiger partial charge in [0.25, 0.3) is 0 Å². The highest BCUT2D eigenvalue weighted by Crippen LogP contribution is 2.31. The first-order chi connectivity index (χ1) is 7.72. The molecule has 0 saturated heterocycles. The highest BCUT2D eigenvalue weighted by Gasteiger charge is 2.17. The van der Waals surface area contributed by atoms with Crippen LogP contribution in [0.1, 0.15) is 22.3 Å². The second-order valence-corrected chi connectivity index (χ2v) is 5.24. The van der Waals surface area contributed by atoms with Crippen LogP contribution < -0.4 is 5.32 Å². The zero-order valence-corrected chi connectivity index (χ0v) is 11.5. The van der Waals surface area contributed by atoms with E-state index in [0.29, 0.717) is 0 Å². The fourth-order valence-corrected chi connectivity index (χ4v) is 3.20. The number of aromatic nitrogens is 2. The average molecular weight is 298 g/mol. The number of thiophene rings is 1. The molecule has 0 aliphatic heterocycles. The molecule has 0 aliphatic carbocycles. The van der Waals surface area contributed by atoms with E-state index in [1.54, 1.807) is 17.5 Å². The van der Waals surface area contributed by atoms with E-state index in [9.17, 15) is 0 Å². The minimum Gasteiger partial charge on any atom is -0.307 e. The Hall–Kier alpha value is -0.780. The molecule has 1 atom stereocenters. The Labute approximate surface area is 107 Å². The Balaban J connectivity index is 2.37. The number of hydrogen-bond donors (Lipinski definition) is 1. The maximum atomic E-state index is 4.41. The van der Waals surface area contributed by atoms with Crippen LogP contribution in [-0.2, 0) is 0 Å². The normalized spacial score (nSPS) is 12.7. The Kier molecular flexibility index (Phi) is 3.68. The lowest BCUT2D eigenvalue weighted by molar-refractivity contribution is 0.674. The molecule has 0 bridgehead atoms. The second kappa shape index (κ2) is 5.03. The van der Waals surface area contributed by atoms with Crippen molar-refractivity contribution in [3.63, 3.8) is 0 Å². The summed E-state index contributed by atoms with van der Waals surface area (Å²) in [6.07, 6.45) is 3.61. The van der Waals surface area contributed by atoms with Crippen molar-refractivity contribution in [2.75, 3.05) is 7.05 Å². The molecule has 0 saturated carbocycles. The molecule has 0 amide bonds. The van der Waals surface area contributed by atoms with Gasteiger partial charge in [0.1, 0.15) is 0 Å². The van der Waals surface area contributed by atoms with E-state index in [1.807, 2.05) is 26.2 Å². The Morgan fingerprint density at radius 1 is 1.38 bits per heavy atom. The molecule has 16 heavy (non-hydrogen) atoms. The lowest BCUT2D eigenvalue weighted by atomic mass is 10.2. The molecule has 3 nitrogen and oxygen atoms in total. The summed E-state index contributed by atoms with van der Waals surface area (Å²) in [6.45, 7) is 1.94. The first-order valence-electron chi connectivity index (χ1n) is 4.91. The van der Waals surface area contributed by atoms with E-state index in [4.69, 9.17) is 0 Å². The van der Waals surface area contributed by atoms with Gasteiger partial charge in [0.15, 0.2) is 0 Å². The maximum absolute atomic E-state index is 4.41. The van der Waals surface area contributed by atoms with Crippen LogP contribution in [0.5, 0.6) is 0 Å². The molecule has 1 N–H and O–H groups in total. The SMILES string of the molecule is CNC(c1cnc(C)cn1)c1sccc1Br. The van der Waals surface area contributed by atoms with Crippen LogP contribution in [0, 0.1) is 6.92 Å². The van der Waals surface area contributed by atoms with Crippen LogP contribution in [0.3, 0.4) is 0 Å². The first-order valence-corrected chi connectivity index (χ1v) is 6.58. The van der Waals surface area contributed by atoms with E-state index < -0.39 is 0 Å². The quantitative estimate of drug-likeness (QED) is 0.947. The summed E-state index contributed by atoms with van der Waals surface area (Å²) < 4.78 is 1.11. The summed E-state index contributed by atoms with van der Waals surface area (Å²) in [5, 5.41) is 5.32. The van der Waals surface area contributed by atoms with Gasteiger partial charge in [-0.2, -0.15) is 0 Å². The summed E-state index contributed by atoms with van der Waals surface area (Å²) in [5.41, 5.74) is 1.88. The molecule has 0 radical (unpaired) electrons. The monoisotopic (exact) mass is 297 g/mol. The van der Waals surface area contributed by atoms with Crippen molar-refractivity contribution in [3.8, 4) is 0 Å². The number of nitrogens with zero attached hydrogens (tertiary/aromatic N) is 2. The third-order valence-corrected chi connectivity index (χ3v) is 4.23. The van der Waals surface area contributed by atoms with E-state index in [1.165, 1.54) is 4.88 Å². The third-order valence-electron chi connectivity index (χ3n) is 2.29. The largest absolute Gasteiger partial charge is 0.307 e. The topological polar surface area (TPSA) is 37.8 Å². The highest BCUT2D eigenvalue weighted by atomic mass is 79.9. The lowest BCUT2D eigenvalue weighted by Gasteiger charge is -2.14. The molecule has 5 heteroatoms. The Bertz CT molecular complexity index is 466. The minimum atomic E-state index is 0.0995. The smallest absolute Gasteiger partial charge is 0.0869 e. The summed E-state index contributed by atoms with van der Waals surface area (Å²) in [7, 11) is 1.93. The zero-order valence-electron chi connectivity index (χ0n) is 9.07. The van der Waals surface area contributed by atoms with Crippen LogP contribution >= 0.6 is 27.3 Å². The van der Waals surface area contributed by atoms with Gasteiger partial charge >= 0.3 is 0 Å². The van der Waals surface area contributed by atoms with Crippen molar-refractivity contribution in [3.05, 3.63) is 44.6 Å². The molecule has 0 fully saturated rings. The molecule has 0 aromatic carbocycles. The predicted molar refractivity (Wildman–Crippen MR) is 69.7 cm³/mol. The summed E-state index contributed by atoms with van der Waals surface area (Å²) in [4.78, 5) is 9.90. The molecule has 0 aliphatic rings. The van der Waals surface area contributed by atoms with Crippen molar-refractivity contribution in [1.29, 1.82) is 0 Å². The second-order valence-electron chi connectivity index (χ2n) is 3.44. The van der Waals surface area contributed by atoms with Gasteiger partial charge in [-0.1, -0.05) is 0 Å². The molecular formula is C11H12BrN3S. The fraction of sp³-hybridized carbons (Fsp3) is 0.273. The summed E-state index contributed by atoms with van der Waals surface area (Å²) >= 11 is 5.25. The van der Waals surface area contributed by atoms with Crippen LogP contribution in [0.15, 0.2) is 28.3 Å². The van der Waals surface area contributed by atoms with E-state index in [2.05, 4.69) is 36.6 Å². The van der Waals surface area contributed by atoms with Gasteiger partial charge in [0.2, 0.25) is 0 Å². The van der Waals surface area contributed by atoms with Crippen molar-refractivity contribution < 1.29 is 0 Å². The number of rotatable bonds is 3. The molecular weight excluding hydrogens is 286 g/mol. The molecule has 2 heterocycles. The highest BCUT2D eigenvalue weighted by molar-refractivity contribution is 9.10. The third kappa shape index (κ3) is 2.31. The van der Waals surface area contributed by atoms with Crippen molar-refractivity contribution >= 4 is 27.3 Å². The van der Waals surface area contributed by atoms with Gasteiger partial charge in [-0.3, -0.25) is 9.97 Å². The standard InChI is InChI=1S/C11H12BrN3S/c1-7-5-15-9(6-14-7)10(13-2)11-8(12)3-4-16-11/h3-6,10,13H,1-2H3. The van der Waals surface area contributed by atoms with Crippen molar-refractivity contribution in [2.24, 2.45) is 0 Å². The van der Waals surface area contributed by atoms with Gasteiger partial charge in [-0.05, 0) is 41.3 Å². The van der Waals surface area contributed by atoms with E-state index >= 15 is 0 Å². The van der Waals surface area contributed by atoms with Crippen LogP contribution in [0.2, 0.25) is 0 Å². The zero-order chi connectivity index (χ0) is 11.5. The van der Waals surface area contributed by atoms with E-state index in [0.717, 1.165) is 15.9 Å². The fourth-order valence-electron chi connectivity index (χ4n) is 1.48. The number of aryl methyl sites for hydroxylation is 1. The van der Waals surface area contributed by atoms with Crippen LogP contribution in [0.25, 0.3) is 0 Å². The predicted octanol–water partition coefficient (Wildman–Crippen LogP) is 2.92. The first kappa shape index (κ1) is 11.7. The van der Waals surface area contributed by atoms with Crippen molar-refractivity contribution in [1.82, 2.24) is 15.3 Å². The summed E-state index contributed by atoms with van der Waals surface area (Å²) in [6, 6.07) is 2.15. The minimum absolute atomic E-state index is 0.0995. The maximum Gasteiger partial charge on any atom is 0.0869 e. The Morgan fingerprint density at radius 3 is 2.69 bits per heavy atom. The van der Waals surface area contributed by atoms with Gasteiger partial charge in [0, 0.05) is 15.5 Å². The number of hydrogen-bond acceptors (Lipinski definition) is 4. The molecule has 2 rings (SSSR count). The summed E-state index contributed by atoms with van der Waals surface area (Å²) in [5.74, 6) is 0. The van der Waals surface area contributed by atoms with Gasteiger partial charge in [-0.25, -0.2) is 0 Å².